The van der Waals surface area contributed by atoms with Crippen molar-refractivity contribution < 1.29 is 4.79 Å². The van der Waals surface area contributed by atoms with Gasteiger partial charge in [-0.3, -0.25) is 9.59 Å². The molecule has 1 aliphatic heterocycles. The molecule has 0 saturated carbocycles. The summed E-state index contributed by atoms with van der Waals surface area (Å²) in [6.07, 6.45) is 3.81. The Labute approximate surface area is 126 Å². The minimum absolute atomic E-state index is 0.119. The van der Waals surface area contributed by atoms with E-state index < -0.39 is 0 Å². The Balaban J connectivity index is 1.78. The molecule has 1 fully saturated rings. The van der Waals surface area contributed by atoms with Gasteiger partial charge in [0.1, 0.15) is 5.69 Å². The molecule has 0 spiro atoms. The van der Waals surface area contributed by atoms with Crippen LogP contribution in [-0.4, -0.2) is 38.7 Å². The molecular weight excluding hydrogens is 288 g/mol. The van der Waals surface area contributed by atoms with E-state index in [2.05, 4.69) is 10.1 Å². The van der Waals surface area contributed by atoms with Gasteiger partial charge >= 0.3 is 0 Å². The van der Waals surface area contributed by atoms with Gasteiger partial charge in [0.2, 0.25) is 0 Å². The number of carbonyl (C=O) groups is 1. The average Bonchev–Trinajstić information content (AvgIpc) is 3.04. The van der Waals surface area contributed by atoms with Crippen molar-refractivity contribution in [3.63, 3.8) is 0 Å². The smallest absolute Gasteiger partial charge is 0.274 e. The molecule has 1 aliphatic rings. The van der Waals surface area contributed by atoms with Crippen molar-refractivity contribution in [1.29, 1.82) is 0 Å². The standard InChI is InChI=1S/C14H16N4O2S/c1-17-12(19)5-4-11(16-17)14(20)18-7-2-3-10(9-18)13-15-6-8-21-13/h4-6,8,10H,2-3,7,9H2,1H3/t10-/m1/s1. The Bertz CT molecular complexity index is 695. The number of hydrogen-bond acceptors (Lipinski definition) is 5. The molecule has 6 nitrogen and oxygen atoms in total. The van der Waals surface area contributed by atoms with Gasteiger partial charge in [-0.25, -0.2) is 9.67 Å². The van der Waals surface area contributed by atoms with Crippen molar-refractivity contribution in [2.45, 2.75) is 18.8 Å². The Morgan fingerprint density at radius 3 is 3.00 bits per heavy atom. The molecule has 0 bridgehead atoms. The van der Waals surface area contributed by atoms with Crippen LogP contribution in [0, 0.1) is 0 Å². The topological polar surface area (TPSA) is 68.1 Å². The lowest BCUT2D eigenvalue weighted by atomic mass is 9.98. The summed E-state index contributed by atoms with van der Waals surface area (Å²) in [5.74, 6) is 0.182. The second-order valence-corrected chi connectivity index (χ2v) is 6.07. The van der Waals surface area contributed by atoms with Crippen LogP contribution >= 0.6 is 11.3 Å². The summed E-state index contributed by atoms with van der Waals surface area (Å²) in [5, 5.41) is 7.08. The molecule has 3 rings (SSSR count). The lowest BCUT2D eigenvalue weighted by Crippen LogP contribution is -2.40. The minimum atomic E-state index is -0.217. The number of amides is 1. The van der Waals surface area contributed by atoms with Crippen molar-refractivity contribution in [2.24, 2.45) is 7.05 Å². The molecule has 0 aromatic carbocycles. The van der Waals surface area contributed by atoms with Gasteiger partial charge in [-0.1, -0.05) is 0 Å². The van der Waals surface area contributed by atoms with Gasteiger partial charge in [0.05, 0.1) is 5.01 Å². The quantitative estimate of drug-likeness (QED) is 0.837. The van der Waals surface area contributed by atoms with Gasteiger partial charge in [-0.15, -0.1) is 11.3 Å². The van der Waals surface area contributed by atoms with Crippen LogP contribution in [0.2, 0.25) is 0 Å². The molecule has 110 valence electrons. The van der Waals surface area contributed by atoms with Crippen molar-refractivity contribution in [2.75, 3.05) is 13.1 Å². The first-order valence-corrected chi connectivity index (χ1v) is 7.76. The largest absolute Gasteiger partial charge is 0.337 e. The predicted octanol–water partition coefficient (Wildman–Crippen LogP) is 1.26. The molecule has 1 saturated heterocycles. The summed E-state index contributed by atoms with van der Waals surface area (Å²) in [6.45, 7) is 1.39. The average molecular weight is 304 g/mol. The molecule has 2 aromatic rings. The fraction of sp³-hybridized carbons (Fsp3) is 0.429. The van der Waals surface area contributed by atoms with E-state index in [0.717, 1.165) is 24.4 Å². The van der Waals surface area contributed by atoms with Gasteiger partial charge in [0, 0.05) is 43.7 Å². The number of nitrogens with zero attached hydrogens (tertiary/aromatic N) is 4. The van der Waals surface area contributed by atoms with E-state index in [1.165, 1.54) is 16.8 Å². The third-order valence-corrected chi connectivity index (χ3v) is 4.63. The Morgan fingerprint density at radius 1 is 1.43 bits per heavy atom. The van der Waals surface area contributed by atoms with Gasteiger partial charge in [0.15, 0.2) is 0 Å². The van der Waals surface area contributed by atoms with Crippen LogP contribution in [0.5, 0.6) is 0 Å². The van der Waals surface area contributed by atoms with E-state index in [-0.39, 0.29) is 11.5 Å². The highest BCUT2D eigenvalue weighted by Gasteiger charge is 2.27. The maximum absolute atomic E-state index is 12.5. The zero-order valence-corrected chi connectivity index (χ0v) is 12.5. The highest BCUT2D eigenvalue weighted by molar-refractivity contribution is 7.09. The fourth-order valence-electron chi connectivity index (χ4n) is 2.58. The van der Waals surface area contributed by atoms with Crippen molar-refractivity contribution in [1.82, 2.24) is 19.7 Å². The van der Waals surface area contributed by atoms with E-state index in [1.807, 2.05) is 10.3 Å². The monoisotopic (exact) mass is 304 g/mol. The maximum atomic E-state index is 12.5. The summed E-state index contributed by atoms with van der Waals surface area (Å²) in [5.41, 5.74) is 0.0998. The number of hydrogen-bond donors (Lipinski definition) is 0. The first-order valence-electron chi connectivity index (χ1n) is 6.88. The molecule has 0 radical (unpaired) electrons. The summed E-state index contributed by atoms with van der Waals surface area (Å²) >= 11 is 1.63. The molecule has 3 heterocycles. The molecule has 1 atom stereocenters. The number of carbonyl (C=O) groups excluding carboxylic acids is 1. The number of rotatable bonds is 2. The zero-order chi connectivity index (χ0) is 14.8. The van der Waals surface area contributed by atoms with Crippen molar-refractivity contribution >= 4 is 17.2 Å². The summed E-state index contributed by atoms with van der Waals surface area (Å²) < 4.78 is 1.19. The van der Waals surface area contributed by atoms with E-state index in [4.69, 9.17) is 0 Å². The number of thiazole rings is 1. The second-order valence-electron chi connectivity index (χ2n) is 5.14. The SMILES string of the molecule is Cn1nc(C(=O)N2CCC[C@@H](c3nccs3)C2)ccc1=O. The van der Waals surface area contributed by atoms with E-state index >= 15 is 0 Å². The Hall–Kier alpha value is -2.02. The summed E-state index contributed by atoms with van der Waals surface area (Å²) in [7, 11) is 1.55. The predicted molar refractivity (Wildman–Crippen MR) is 79.5 cm³/mol. The van der Waals surface area contributed by atoms with Crippen LogP contribution < -0.4 is 5.56 Å². The normalized spacial score (nSPS) is 18.7. The van der Waals surface area contributed by atoms with Crippen molar-refractivity contribution in [3.05, 3.63) is 44.8 Å². The van der Waals surface area contributed by atoms with Crippen LogP contribution in [0.1, 0.15) is 34.3 Å². The minimum Gasteiger partial charge on any atom is -0.337 e. The van der Waals surface area contributed by atoms with Crippen LogP contribution in [0.15, 0.2) is 28.5 Å². The van der Waals surface area contributed by atoms with Gasteiger partial charge in [0.25, 0.3) is 11.5 Å². The van der Waals surface area contributed by atoms with Crippen LogP contribution in [0.3, 0.4) is 0 Å². The highest BCUT2D eigenvalue weighted by atomic mass is 32.1. The van der Waals surface area contributed by atoms with Gasteiger partial charge in [-0.05, 0) is 18.9 Å². The molecular formula is C14H16N4O2S. The zero-order valence-electron chi connectivity index (χ0n) is 11.7. The summed E-state index contributed by atoms with van der Waals surface area (Å²) in [4.78, 5) is 30.0. The second kappa shape index (κ2) is 5.77. The first kappa shape index (κ1) is 13.9. The molecule has 2 aromatic heterocycles. The number of aryl methyl sites for hydroxylation is 1. The van der Waals surface area contributed by atoms with Crippen LogP contribution in [0.4, 0.5) is 0 Å². The third-order valence-electron chi connectivity index (χ3n) is 3.69. The Morgan fingerprint density at radius 2 is 2.29 bits per heavy atom. The number of likely N-dealkylation sites (tertiary alicyclic amines) is 1. The maximum Gasteiger partial charge on any atom is 0.274 e. The molecule has 1 amide bonds. The Kier molecular flexibility index (Phi) is 3.83. The molecule has 7 heteroatoms. The molecule has 0 unspecified atom stereocenters. The fourth-order valence-corrected chi connectivity index (χ4v) is 3.35. The third kappa shape index (κ3) is 2.87. The van der Waals surface area contributed by atoms with E-state index in [0.29, 0.717) is 18.2 Å². The van der Waals surface area contributed by atoms with Crippen LogP contribution in [-0.2, 0) is 7.05 Å². The summed E-state index contributed by atoms with van der Waals surface area (Å²) in [6, 6.07) is 2.88. The molecule has 0 aliphatic carbocycles. The van der Waals surface area contributed by atoms with Crippen molar-refractivity contribution in [3.8, 4) is 0 Å². The molecule has 0 N–H and O–H groups in total. The highest BCUT2D eigenvalue weighted by Crippen LogP contribution is 2.28. The first-order chi connectivity index (χ1) is 10.1. The number of aromatic nitrogens is 3. The van der Waals surface area contributed by atoms with Crippen LogP contribution in [0.25, 0.3) is 0 Å². The van der Waals surface area contributed by atoms with Gasteiger partial charge in [-0.2, -0.15) is 5.10 Å². The van der Waals surface area contributed by atoms with Gasteiger partial charge < -0.3 is 4.90 Å². The van der Waals surface area contributed by atoms with E-state index in [1.54, 1.807) is 24.6 Å². The molecule has 21 heavy (non-hydrogen) atoms. The number of piperidine rings is 1. The van der Waals surface area contributed by atoms with E-state index in [9.17, 15) is 9.59 Å². The lowest BCUT2D eigenvalue weighted by Gasteiger charge is -2.31. The lowest BCUT2D eigenvalue weighted by molar-refractivity contribution is 0.0698.